The predicted octanol–water partition coefficient (Wildman–Crippen LogP) is -5.71. The van der Waals surface area contributed by atoms with E-state index in [4.69, 9.17) is 19.2 Å². The van der Waals surface area contributed by atoms with Crippen LogP contribution in [0.5, 0.6) is 0 Å². The van der Waals surface area contributed by atoms with E-state index >= 15 is 0 Å². The molecule has 0 N–H and O–H groups in total. The molecule has 0 bridgehead atoms. The minimum atomic E-state index is -5.39. The van der Waals surface area contributed by atoms with Crippen LogP contribution < -0.4 is 44.2 Å². The Balaban J connectivity index is -0.0000000133. The van der Waals surface area contributed by atoms with E-state index < -0.39 is 7.82 Å². The second kappa shape index (κ2) is 9.73. The molecule has 0 fully saturated rings. The first-order valence-electron chi connectivity index (χ1n) is 0.730. The first-order valence-corrected chi connectivity index (χ1v) is 2.19. The van der Waals surface area contributed by atoms with Crippen LogP contribution in [0.25, 0.3) is 0 Å². The molecule has 0 unspecified atom stereocenters. The summed E-state index contributed by atoms with van der Waals surface area (Å²) in [5.74, 6) is 0. The first kappa shape index (κ1) is 22.4. The van der Waals surface area contributed by atoms with E-state index in [1.807, 2.05) is 0 Å². The van der Waals surface area contributed by atoms with Gasteiger partial charge in [0.15, 0.2) is 0 Å². The second-order valence-electron chi connectivity index (χ2n) is 0.447. The molecule has 0 aliphatic carbocycles. The normalized spacial score (nSPS) is 7.38. The Kier molecular flexibility index (Phi) is 27.3. The quantitative estimate of drug-likeness (QED) is 0.329. The molecule has 0 rings (SSSR count). The van der Waals surface area contributed by atoms with Crippen LogP contribution in [-0.4, -0.2) is 0 Å². The van der Waals surface area contributed by atoms with Crippen LogP contribution in [0.2, 0.25) is 0 Å². The minimum absolute atomic E-state index is 0. The van der Waals surface area contributed by atoms with E-state index in [1.54, 1.807) is 0 Å². The molecular weight excluding hydrogens is 317 g/mol. The molecule has 0 aliphatic heterocycles. The number of phosphoric acid groups is 1. The molecule has 0 aromatic rings. The minimum Gasteiger partial charge on any atom is -1.00 e. The van der Waals surface area contributed by atoms with E-state index in [9.17, 15) is 0 Å². The van der Waals surface area contributed by atoms with Gasteiger partial charge in [-0.05, 0) is 0 Å². The average molecular weight is 318 g/mol. The van der Waals surface area contributed by atoms with E-state index in [2.05, 4.69) is 0 Å². The van der Waals surface area contributed by atoms with Crippen molar-refractivity contribution in [2.24, 2.45) is 0 Å². The fraction of sp³-hybridized carbons (Fsp3) is 0. The zero-order valence-electron chi connectivity index (χ0n) is 4.88. The smallest absolute Gasteiger partial charge is 1.00 e. The molecule has 0 aliphatic rings. The van der Waals surface area contributed by atoms with Crippen molar-refractivity contribution in [3.05, 3.63) is 0 Å². The van der Waals surface area contributed by atoms with Crippen LogP contribution in [0.3, 0.4) is 0 Å². The van der Waals surface area contributed by atoms with Gasteiger partial charge < -0.3 is 20.7 Å². The van der Waals surface area contributed by atoms with Gasteiger partial charge in [0.25, 0.3) is 0 Å². The van der Waals surface area contributed by atoms with E-state index in [0.29, 0.717) is 0 Å². The van der Waals surface area contributed by atoms with Crippen LogP contribution in [0.15, 0.2) is 0 Å². The zero-order valence-corrected chi connectivity index (χ0v) is 10.7. The Hall–Kier alpha value is 2.73. The third-order valence-electron chi connectivity index (χ3n) is 0. The predicted molar refractivity (Wildman–Crippen MR) is 8.72 cm³/mol. The molecule has 0 amide bonds. The van der Waals surface area contributed by atoms with Crippen molar-refractivity contribution in [1.29, 1.82) is 0 Å². The van der Waals surface area contributed by atoms with Crippen LogP contribution >= 0.6 is 7.82 Å². The fourth-order valence-corrected chi connectivity index (χ4v) is 0. The molecule has 0 saturated heterocycles. The second-order valence-corrected chi connectivity index (χ2v) is 1.34. The van der Waals surface area contributed by atoms with Crippen LogP contribution in [0.4, 0.5) is 0 Å². The Morgan fingerprint density at radius 1 is 1.25 bits per heavy atom. The summed E-state index contributed by atoms with van der Waals surface area (Å²) in [6.07, 6.45) is 0. The van der Waals surface area contributed by atoms with Crippen molar-refractivity contribution < 1.29 is 98.8 Å². The molecule has 0 atom stereocenters. The molecule has 8 heteroatoms. The maximum absolute atomic E-state index is 8.55. The monoisotopic (exact) mass is 316 g/mol. The Labute approximate surface area is 105 Å². The summed E-state index contributed by atoms with van der Waals surface area (Å²) in [5.41, 5.74) is 0. The van der Waals surface area contributed by atoms with Crippen LogP contribution in [-0.2, 0) is 53.1 Å². The van der Waals surface area contributed by atoms with Gasteiger partial charge in [-0.25, -0.2) is 0 Å². The van der Waals surface area contributed by atoms with Gasteiger partial charge in [-0.2, -0.15) is 7.82 Å². The zero-order chi connectivity index (χ0) is 4.50. The number of hydrogen-bond donors (Lipinski definition) is 0. The molecule has 4 nitrogen and oxygen atoms in total. The van der Waals surface area contributed by atoms with E-state index in [-0.39, 0.29) is 79.6 Å². The topological polar surface area (TPSA) is 86.2 Å². The van der Waals surface area contributed by atoms with Gasteiger partial charge in [-0.15, -0.1) is 0 Å². The summed E-state index contributed by atoms with van der Waals surface area (Å²) >= 11 is 0. The molecule has 0 saturated carbocycles. The Bertz CT molecular complexity index is 66.7. The maximum Gasteiger partial charge on any atom is 3.00 e. The van der Waals surface area contributed by atoms with Crippen molar-refractivity contribution in [3.63, 3.8) is 0 Å². The number of hydrogen-bond acceptors (Lipinski definition) is 4. The van der Waals surface area contributed by atoms with Crippen molar-refractivity contribution in [1.82, 2.24) is 0 Å². The number of rotatable bonds is 0. The summed E-state index contributed by atoms with van der Waals surface area (Å²) in [5, 5.41) is 0. The average Bonchev–Trinajstić information content (AvgIpc) is 0.722. The van der Waals surface area contributed by atoms with E-state index in [1.165, 1.54) is 0 Å². The third kappa shape index (κ3) is 69.9. The van der Waals surface area contributed by atoms with Gasteiger partial charge >= 0.3 is 55.8 Å². The molecule has 0 spiro atoms. The van der Waals surface area contributed by atoms with Gasteiger partial charge in [0.2, 0.25) is 0 Å². The van der Waals surface area contributed by atoms with Gasteiger partial charge in [0.1, 0.15) is 0 Å². The summed E-state index contributed by atoms with van der Waals surface area (Å²) in [6.45, 7) is 0. The molecule has 46 valence electrons. The van der Waals surface area contributed by atoms with Crippen molar-refractivity contribution in [2.75, 3.05) is 0 Å². The van der Waals surface area contributed by atoms with Gasteiger partial charge in [-0.3, -0.25) is 0 Å². The largest absolute Gasteiger partial charge is 3.00 e. The molecule has 0 aromatic carbocycles. The van der Waals surface area contributed by atoms with Gasteiger partial charge in [0, 0.05) is 22.4 Å². The summed E-state index contributed by atoms with van der Waals surface area (Å²) < 4.78 is 8.55. The molecular formula is HAgNaO4PZr. The fourth-order valence-electron chi connectivity index (χ4n) is 0. The summed E-state index contributed by atoms with van der Waals surface area (Å²) in [6, 6.07) is 0. The SMILES string of the molecule is O=P([O-])([O-])[O-].[Ag].[H-].[Na+].[Zr+3]. The molecule has 8 heavy (non-hydrogen) atoms. The molecule has 0 aromatic heterocycles. The van der Waals surface area contributed by atoms with Crippen LogP contribution in [0, 0.1) is 0 Å². The summed E-state index contributed by atoms with van der Waals surface area (Å²) in [4.78, 5) is 25.6. The third-order valence-corrected chi connectivity index (χ3v) is 0. The Morgan fingerprint density at radius 2 is 1.25 bits per heavy atom. The van der Waals surface area contributed by atoms with Gasteiger partial charge in [-0.1, -0.05) is 0 Å². The standard InChI is InChI=1S/Ag.Na.H3O4P.Zr.H/c;;1-5(2,3)4;;/h;;(H3,1,2,3,4);;/q;+1;;+3;-1/p-3. The van der Waals surface area contributed by atoms with Crippen LogP contribution in [0.1, 0.15) is 1.43 Å². The van der Waals surface area contributed by atoms with Gasteiger partial charge in [0.05, 0.1) is 0 Å². The molecule has 2 radical (unpaired) electrons. The Morgan fingerprint density at radius 3 is 1.25 bits per heavy atom. The van der Waals surface area contributed by atoms with Crippen molar-refractivity contribution in [2.45, 2.75) is 0 Å². The molecule has 0 heterocycles. The van der Waals surface area contributed by atoms with Crippen molar-refractivity contribution >= 4 is 7.82 Å². The van der Waals surface area contributed by atoms with Crippen molar-refractivity contribution in [3.8, 4) is 0 Å². The summed E-state index contributed by atoms with van der Waals surface area (Å²) in [7, 11) is -5.39. The maximum atomic E-state index is 8.55. The first-order chi connectivity index (χ1) is 2.00. The van der Waals surface area contributed by atoms with E-state index in [0.717, 1.165) is 0 Å².